The van der Waals surface area contributed by atoms with Crippen molar-refractivity contribution in [2.75, 3.05) is 7.11 Å². The van der Waals surface area contributed by atoms with Gasteiger partial charge in [0.15, 0.2) is 11.6 Å². The number of rotatable bonds is 3. The molecule has 5 nitrogen and oxygen atoms in total. The predicted octanol–water partition coefficient (Wildman–Crippen LogP) is 3.99. The molecule has 3 aromatic rings. The average molecular weight is 342 g/mol. The van der Waals surface area contributed by atoms with Crippen LogP contribution in [0, 0.1) is 24.1 Å². The van der Waals surface area contributed by atoms with Crippen LogP contribution in [0.5, 0.6) is 5.75 Å². The summed E-state index contributed by atoms with van der Waals surface area (Å²) in [7, 11) is 1.36. The molecule has 0 fully saturated rings. The number of carboxylic acids is 1. The number of aromatic nitrogens is 1. The van der Waals surface area contributed by atoms with E-state index in [1.807, 2.05) is 6.07 Å². The lowest BCUT2D eigenvalue weighted by molar-refractivity contribution is 0.0701. The largest absolute Gasteiger partial charge is 0.494 e. The van der Waals surface area contributed by atoms with E-state index >= 15 is 0 Å². The molecule has 7 heteroatoms. The predicted molar refractivity (Wildman–Crippen MR) is 88.0 cm³/mol. The number of hydrogen-bond acceptors (Lipinski definition) is 5. The van der Waals surface area contributed by atoms with Crippen molar-refractivity contribution >= 4 is 28.1 Å². The van der Waals surface area contributed by atoms with E-state index in [1.165, 1.54) is 19.2 Å². The Morgan fingerprint density at radius 3 is 2.71 bits per heavy atom. The highest BCUT2D eigenvalue weighted by Crippen LogP contribution is 2.34. The van der Waals surface area contributed by atoms with Crippen molar-refractivity contribution in [3.8, 4) is 22.4 Å². The first kappa shape index (κ1) is 15.9. The zero-order valence-corrected chi connectivity index (χ0v) is 13.6. The third-order valence-corrected chi connectivity index (χ3v) is 4.78. The summed E-state index contributed by atoms with van der Waals surface area (Å²) in [6.07, 6.45) is 0. The summed E-state index contributed by atoms with van der Waals surface area (Å²) >= 11 is 1.04. The topological polar surface area (TPSA) is 83.2 Å². The lowest BCUT2D eigenvalue weighted by atomic mass is 10.0. The number of aryl methyl sites for hydroxylation is 1. The van der Waals surface area contributed by atoms with Crippen molar-refractivity contribution in [2.24, 2.45) is 0 Å². The highest BCUT2D eigenvalue weighted by atomic mass is 32.1. The summed E-state index contributed by atoms with van der Waals surface area (Å²) in [5, 5.41) is 20.1. The molecule has 0 aliphatic carbocycles. The highest BCUT2D eigenvalue weighted by molar-refractivity contribution is 7.17. The molecule has 0 bridgehead atoms. The van der Waals surface area contributed by atoms with Crippen molar-refractivity contribution in [3.63, 3.8) is 0 Å². The van der Waals surface area contributed by atoms with E-state index in [1.54, 1.807) is 19.1 Å². The monoisotopic (exact) mass is 342 g/mol. The van der Waals surface area contributed by atoms with E-state index < -0.39 is 11.8 Å². The molecular weight excluding hydrogens is 331 g/mol. The number of thiazole rings is 1. The molecule has 0 unspecified atom stereocenters. The van der Waals surface area contributed by atoms with Gasteiger partial charge < -0.3 is 9.84 Å². The summed E-state index contributed by atoms with van der Waals surface area (Å²) in [5.41, 5.74) is 1.31. The van der Waals surface area contributed by atoms with Crippen molar-refractivity contribution < 1.29 is 19.0 Å². The Labute approximate surface area is 140 Å². The zero-order valence-electron chi connectivity index (χ0n) is 12.8. The molecule has 120 valence electrons. The summed E-state index contributed by atoms with van der Waals surface area (Å²) in [4.78, 5) is 15.6. The third-order valence-electron chi connectivity index (χ3n) is 3.58. The van der Waals surface area contributed by atoms with Gasteiger partial charge in [-0.15, -0.1) is 11.3 Å². The molecule has 1 N–H and O–H groups in total. The van der Waals surface area contributed by atoms with E-state index in [2.05, 4.69) is 4.98 Å². The Hall–Kier alpha value is -2.98. The van der Waals surface area contributed by atoms with Crippen LogP contribution < -0.4 is 4.74 Å². The normalized spacial score (nSPS) is 10.6. The number of carbonyl (C=O) groups is 1. The lowest BCUT2D eigenvalue weighted by Gasteiger charge is -2.07. The van der Waals surface area contributed by atoms with Gasteiger partial charge >= 0.3 is 5.97 Å². The quantitative estimate of drug-likeness (QED) is 0.778. The number of halogens is 1. The average Bonchev–Trinajstić information content (AvgIpc) is 2.95. The van der Waals surface area contributed by atoms with Crippen LogP contribution in [0.4, 0.5) is 4.39 Å². The van der Waals surface area contributed by atoms with Crippen molar-refractivity contribution in [3.05, 3.63) is 46.2 Å². The number of methoxy groups -OCH3 is 1. The first-order valence-corrected chi connectivity index (χ1v) is 7.68. The van der Waals surface area contributed by atoms with Crippen LogP contribution in [-0.4, -0.2) is 23.2 Å². The number of aromatic carboxylic acids is 1. The maximum absolute atomic E-state index is 13.9. The number of nitriles is 1. The SMILES string of the molecule is COc1cc2cc(-c3nc(C)c(C(=O)O)s3)cc(C#N)c2cc1F. The summed E-state index contributed by atoms with van der Waals surface area (Å²) < 4.78 is 18.9. The smallest absolute Gasteiger partial charge is 0.347 e. The number of hydrogen-bond donors (Lipinski definition) is 1. The van der Waals surface area contributed by atoms with Crippen molar-refractivity contribution in [1.29, 1.82) is 5.26 Å². The maximum atomic E-state index is 13.9. The maximum Gasteiger partial charge on any atom is 0.347 e. The Bertz CT molecular complexity index is 1020. The molecule has 0 saturated carbocycles. The van der Waals surface area contributed by atoms with E-state index in [-0.39, 0.29) is 16.2 Å². The van der Waals surface area contributed by atoms with Crippen LogP contribution in [0.1, 0.15) is 20.9 Å². The number of fused-ring (bicyclic) bond motifs is 1. The second-order valence-corrected chi connectivity index (χ2v) is 6.08. The molecule has 0 aliphatic rings. The van der Waals surface area contributed by atoms with Crippen LogP contribution in [0.25, 0.3) is 21.3 Å². The molecule has 0 atom stereocenters. The molecule has 1 aromatic heterocycles. The van der Waals surface area contributed by atoms with Crippen LogP contribution in [-0.2, 0) is 0 Å². The van der Waals surface area contributed by atoms with Gasteiger partial charge in [0.1, 0.15) is 9.88 Å². The first-order valence-electron chi connectivity index (χ1n) is 6.87. The van der Waals surface area contributed by atoms with Crippen molar-refractivity contribution in [1.82, 2.24) is 4.98 Å². The fourth-order valence-corrected chi connectivity index (χ4v) is 3.35. The van der Waals surface area contributed by atoms with Gasteiger partial charge in [-0.2, -0.15) is 5.26 Å². The molecule has 2 aromatic carbocycles. The number of carboxylic acid groups (broad SMARTS) is 1. The molecule has 0 saturated heterocycles. The van der Waals surface area contributed by atoms with Gasteiger partial charge in [-0.3, -0.25) is 0 Å². The second-order valence-electron chi connectivity index (χ2n) is 5.08. The summed E-state index contributed by atoms with van der Waals surface area (Å²) in [6, 6.07) is 8.13. The van der Waals surface area contributed by atoms with E-state index in [0.717, 1.165) is 11.3 Å². The molecule has 0 amide bonds. The van der Waals surface area contributed by atoms with E-state index in [0.29, 0.717) is 27.0 Å². The molecular formula is C17H11FN2O3S. The van der Waals surface area contributed by atoms with Crippen LogP contribution >= 0.6 is 11.3 Å². The Morgan fingerprint density at radius 1 is 1.38 bits per heavy atom. The Kier molecular flexibility index (Phi) is 3.91. The highest BCUT2D eigenvalue weighted by Gasteiger charge is 2.17. The Balaban J connectivity index is 2.26. The van der Waals surface area contributed by atoms with Gasteiger partial charge in [0.05, 0.1) is 24.4 Å². The summed E-state index contributed by atoms with van der Waals surface area (Å²) in [5.74, 6) is -1.51. The van der Waals surface area contributed by atoms with Crippen LogP contribution in [0.3, 0.4) is 0 Å². The zero-order chi connectivity index (χ0) is 17.4. The van der Waals surface area contributed by atoms with Gasteiger partial charge in [0.25, 0.3) is 0 Å². The number of ether oxygens (including phenoxy) is 1. The lowest BCUT2D eigenvalue weighted by Crippen LogP contribution is -1.94. The molecule has 1 heterocycles. The number of benzene rings is 2. The van der Waals surface area contributed by atoms with Gasteiger partial charge in [-0.1, -0.05) is 0 Å². The first-order chi connectivity index (χ1) is 11.4. The third kappa shape index (κ3) is 2.57. The van der Waals surface area contributed by atoms with Crippen molar-refractivity contribution in [2.45, 2.75) is 6.92 Å². The van der Waals surface area contributed by atoms with Gasteiger partial charge in [0.2, 0.25) is 0 Å². The van der Waals surface area contributed by atoms with E-state index in [4.69, 9.17) is 9.84 Å². The van der Waals surface area contributed by atoms with Crippen LogP contribution in [0.2, 0.25) is 0 Å². The minimum Gasteiger partial charge on any atom is -0.494 e. The van der Waals surface area contributed by atoms with Gasteiger partial charge in [-0.25, -0.2) is 14.2 Å². The second kappa shape index (κ2) is 5.91. The fraction of sp³-hybridized carbons (Fsp3) is 0.118. The number of nitrogens with zero attached hydrogens (tertiary/aromatic N) is 2. The van der Waals surface area contributed by atoms with E-state index in [9.17, 15) is 14.4 Å². The molecule has 24 heavy (non-hydrogen) atoms. The Morgan fingerprint density at radius 2 is 2.12 bits per heavy atom. The minimum absolute atomic E-state index is 0.0742. The van der Waals surface area contributed by atoms with Gasteiger partial charge in [-0.05, 0) is 36.6 Å². The summed E-state index contributed by atoms with van der Waals surface area (Å²) in [6.45, 7) is 1.62. The molecule has 3 rings (SSSR count). The minimum atomic E-state index is -1.04. The molecule has 0 aliphatic heterocycles. The molecule has 0 radical (unpaired) electrons. The fourth-order valence-electron chi connectivity index (χ4n) is 2.45. The standard InChI is InChI=1S/C17H11FN2O3S/c1-8-15(17(21)22)24-16(20-8)10-3-9-5-14(23-2)13(18)6-12(9)11(4-10)7-19/h3-6H,1-2H3,(H,21,22). The molecule has 0 spiro atoms. The van der Waals surface area contributed by atoms with Crippen LogP contribution in [0.15, 0.2) is 24.3 Å². The van der Waals surface area contributed by atoms with Gasteiger partial charge in [0, 0.05) is 10.9 Å².